The molecule has 0 bridgehead atoms. The summed E-state index contributed by atoms with van der Waals surface area (Å²) in [6.45, 7) is 6.44. The summed E-state index contributed by atoms with van der Waals surface area (Å²) in [6, 6.07) is 6.05. The minimum Gasteiger partial charge on any atom is -0.359 e. The number of aromatic amines is 1. The van der Waals surface area contributed by atoms with Crippen molar-refractivity contribution in [1.82, 2.24) is 14.9 Å². The van der Waals surface area contributed by atoms with Crippen LogP contribution in [0, 0.1) is 17.1 Å². The summed E-state index contributed by atoms with van der Waals surface area (Å²) >= 11 is 5.38. The predicted molar refractivity (Wildman–Crippen MR) is 79.7 cm³/mol. The molecule has 0 atom stereocenters. The monoisotopic (exact) mass is 277 g/mol. The highest BCUT2D eigenvalue weighted by molar-refractivity contribution is 7.71. The van der Waals surface area contributed by atoms with Gasteiger partial charge in [-0.15, -0.1) is 0 Å². The highest BCUT2D eigenvalue weighted by Gasteiger charge is 2.28. The van der Waals surface area contributed by atoms with Crippen molar-refractivity contribution in [2.24, 2.45) is 5.41 Å². The maximum Gasteiger partial charge on any atom is 0.227 e. The van der Waals surface area contributed by atoms with E-state index in [1.54, 1.807) is 7.05 Å². The van der Waals surface area contributed by atoms with E-state index in [0.29, 0.717) is 11.3 Å². The number of amides is 1. The van der Waals surface area contributed by atoms with Crippen LogP contribution in [0.15, 0.2) is 18.2 Å². The molecule has 1 heterocycles. The van der Waals surface area contributed by atoms with Crippen LogP contribution < -0.4 is 5.32 Å². The Morgan fingerprint density at radius 1 is 1.47 bits per heavy atom. The van der Waals surface area contributed by atoms with Gasteiger partial charge in [0.1, 0.15) is 0 Å². The van der Waals surface area contributed by atoms with Gasteiger partial charge in [-0.05, 0) is 44.6 Å². The average molecular weight is 277 g/mol. The van der Waals surface area contributed by atoms with Crippen molar-refractivity contribution < 1.29 is 4.79 Å². The van der Waals surface area contributed by atoms with E-state index in [9.17, 15) is 4.79 Å². The number of rotatable bonds is 3. The van der Waals surface area contributed by atoms with E-state index in [4.69, 9.17) is 12.2 Å². The molecule has 4 nitrogen and oxygen atoms in total. The lowest BCUT2D eigenvalue weighted by atomic mass is 9.92. The number of fused-ring (bicyclic) bond motifs is 1. The molecule has 19 heavy (non-hydrogen) atoms. The number of nitrogens with zero attached hydrogens (tertiary/aromatic N) is 1. The summed E-state index contributed by atoms with van der Waals surface area (Å²) < 4.78 is 2.66. The minimum absolute atomic E-state index is 0.0114. The fourth-order valence-corrected chi connectivity index (χ4v) is 2.62. The van der Waals surface area contributed by atoms with Gasteiger partial charge in [0.15, 0.2) is 4.77 Å². The van der Waals surface area contributed by atoms with Gasteiger partial charge in [-0.1, -0.05) is 12.1 Å². The van der Waals surface area contributed by atoms with E-state index in [1.165, 1.54) is 0 Å². The number of aromatic nitrogens is 2. The van der Waals surface area contributed by atoms with Gasteiger partial charge in [-0.25, -0.2) is 0 Å². The first-order chi connectivity index (χ1) is 8.86. The number of benzene rings is 1. The van der Waals surface area contributed by atoms with E-state index in [-0.39, 0.29) is 5.91 Å². The van der Waals surface area contributed by atoms with Crippen molar-refractivity contribution in [3.8, 4) is 0 Å². The van der Waals surface area contributed by atoms with E-state index in [2.05, 4.69) is 10.3 Å². The third-order valence-corrected chi connectivity index (χ3v) is 3.71. The smallest absolute Gasteiger partial charge is 0.227 e. The Morgan fingerprint density at radius 2 is 2.16 bits per heavy atom. The average Bonchev–Trinajstić information content (AvgIpc) is 2.65. The number of H-pyrrole nitrogens is 1. The first kappa shape index (κ1) is 13.8. The van der Waals surface area contributed by atoms with Gasteiger partial charge >= 0.3 is 0 Å². The fourth-order valence-electron chi connectivity index (χ4n) is 2.36. The molecule has 1 aromatic heterocycles. The van der Waals surface area contributed by atoms with Crippen molar-refractivity contribution in [3.05, 3.63) is 28.5 Å². The number of para-hydroxylation sites is 1. The number of hydrogen-bond donors (Lipinski definition) is 2. The molecule has 1 aromatic carbocycles. The van der Waals surface area contributed by atoms with Crippen LogP contribution in [0.3, 0.4) is 0 Å². The third-order valence-electron chi connectivity index (χ3n) is 3.39. The van der Waals surface area contributed by atoms with E-state index >= 15 is 0 Å². The first-order valence-corrected chi connectivity index (χ1v) is 6.68. The van der Waals surface area contributed by atoms with Gasteiger partial charge < -0.3 is 14.9 Å². The molecule has 0 saturated heterocycles. The molecule has 102 valence electrons. The fraction of sp³-hybridized carbons (Fsp3) is 0.429. The Bertz CT molecular complexity index is 682. The Balaban J connectivity index is 2.55. The molecule has 0 aliphatic heterocycles. The lowest BCUT2D eigenvalue weighted by molar-refractivity contribution is -0.129. The first-order valence-electron chi connectivity index (χ1n) is 6.27. The molecule has 0 aliphatic rings. The maximum atomic E-state index is 11.9. The quantitative estimate of drug-likeness (QED) is 0.848. The largest absolute Gasteiger partial charge is 0.359 e. The summed E-state index contributed by atoms with van der Waals surface area (Å²) in [5.41, 5.74) is 2.73. The van der Waals surface area contributed by atoms with Crippen LogP contribution in [-0.4, -0.2) is 22.5 Å². The number of nitrogens with one attached hydrogen (secondary N) is 2. The van der Waals surface area contributed by atoms with Gasteiger partial charge in [0.05, 0.1) is 16.4 Å². The molecule has 0 fully saturated rings. The van der Waals surface area contributed by atoms with Crippen molar-refractivity contribution >= 4 is 29.2 Å². The van der Waals surface area contributed by atoms with Crippen molar-refractivity contribution in [1.29, 1.82) is 0 Å². The van der Waals surface area contributed by atoms with Crippen LogP contribution in [0.4, 0.5) is 0 Å². The second kappa shape index (κ2) is 4.81. The second-order valence-electron chi connectivity index (χ2n) is 5.45. The summed E-state index contributed by atoms with van der Waals surface area (Å²) in [5, 5.41) is 2.70. The zero-order chi connectivity index (χ0) is 14.2. The molecule has 1 amide bonds. The van der Waals surface area contributed by atoms with Crippen LogP contribution in [0.2, 0.25) is 0 Å². The maximum absolute atomic E-state index is 11.9. The van der Waals surface area contributed by atoms with Crippen molar-refractivity contribution in [3.63, 3.8) is 0 Å². The van der Waals surface area contributed by atoms with E-state index in [1.807, 2.05) is 43.5 Å². The molecular formula is C14H19N3OS. The zero-order valence-corrected chi connectivity index (χ0v) is 12.5. The summed E-state index contributed by atoms with van der Waals surface area (Å²) in [5.74, 6) is 0.0114. The Kier molecular flexibility index (Phi) is 3.49. The molecular weight excluding hydrogens is 258 g/mol. The third kappa shape index (κ3) is 2.42. The molecule has 2 rings (SSSR count). The molecule has 2 aromatic rings. The molecule has 0 aliphatic carbocycles. The van der Waals surface area contributed by atoms with Crippen LogP contribution in [-0.2, 0) is 11.3 Å². The van der Waals surface area contributed by atoms with Gasteiger partial charge in [0.2, 0.25) is 5.91 Å². The number of carbonyl (C=O) groups excluding carboxylic acids is 1. The summed E-state index contributed by atoms with van der Waals surface area (Å²) in [7, 11) is 1.66. The summed E-state index contributed by atoms with van der Waals surface area (Å²) in [6.07, 6.45) is 0. The molecule has 0 saturated carbocycles. The number of hydrogen-bond acceptors (Lipinski definition) is 2. The van der Waals surface area contributed by atoms with Gasteiger partial charge in [-0.3, -0.25) is 4.79 Å². The zero-order valence-electron chi connectivity index (χ0n) is 11.7. The van der Waals surface area contributed by atoms with Gasteiger partial charge in [-0.2, -0.15) is 0 Å². The van der Waals surface area contributed by atoms with Gasteiger partial charge in [0.25, 0.3) is 0 Å². The van der Waals surface area contributed by atoms with Crippen LogP contribution in [0.5, 0.6) is 0 Å². The lowest BCUT2D eigenvalue weighted by Gasteiger charge is -2.23. The van der Waals surface area contributed by atoms with Crippen LogP contribution in [0.25, 0.3) is 11.0 Å². The molecule has 0 radical (unpaired) electrons. The second-order valence-corrected chi connectivity index (χ2v) is 5.84. The van der Waals surface area contributed by atoms with Gasteiger partial charge in [0, 0.05) is 13.6 Å². The SMILES string of the molecule is CNC(=O)C(C)(C)Cn1c(=S)[nH]c2cccc(C)c21. The number of aryl methyl sites for hydroxylation is 1. The number of carbonyl (C=O) groups is 1. The van der Waals surface area contributed by atoms with E-state index in [0.717, 1.165) is 16.6 Å². The van der Waals surface area contributed by atoms with Crippen molar-refractivity contribution in [2.45, 2.75) is 27.3 Å². The topological polar surface area (TPSA) is 49.8 Å². The number of imidazole rings is 1. The molecule has 0 unspecified atom stereocenters. The highest BCUT2D eigenvalue weighted by Crippen LogP contribution is 2.24. The lowest BCUT2D eigenvalue weighted by Crippen LogP contribution is -2.37. The molecule has 5 heteroatoms. The Labute approximate surface area is 117 Å². The summed E-state index contributed by atoms with van der Waals surface area (Å²) in [4.78, 5) is 15.1. The molecule has 2 N–H and O–H groups in total. The predicted octanol–water partition coefficient (Wildman–Crippen LogP) is 2.78. The van der Waals surface area contributed by atoms with Crippen LogP contribution >= 0.6 is 12.2 Å². The van der Waals surface area contributed by atoms with E-state index < -0.39 is 5.41 Å². The molecule has 0 spiro atoms. The standard InChI is InChI=1S/C14H19N3OS/c1-9-6-5-7-10-11(9)17(13(19)16-10)8-14(2,3)12(18)15-4/h5-7H,8H2,1-4H3,(H,15,18)(H,16,19). The van der Waals surface area contributed by atoms with Crippen molar-refractivity contribution in [2.75, 3.05) is 7.05 Å². The Morgan fingerprint density at radius 3 is 2.79 bits per heavy atom. The van der Waals surface area contributed by atoms with Crippen LogP contribution in [0.1, 0.15) is 19.4 Å². The minimum atomic E-state index is -0.510. The highest BCUT2D eigenvalue weighted by atomic mass is 32.1. The Hall–Kier alpha value is -1.62. The normalized spacial score (nSPS) is 11.8.